The van der Waals surface area contributed by atoms with Gasteiger partial charge in [-0.3, -0.25) is 4.79 Å². The molecule has 0 spiro atoms. The van der Waals surface area contributed by atoms with Gasteiger partial charge < -0.3 is 14.5 Å². The van der Waals surface area contributed by atoms with Gasteiger partial charge in [0.05, 0.1) is 6.61 Å². The fourth-order valence-corrected chi connectivity index (χ4v) is 5.91. The minimum atomic E-state index is 0.166. The summed E-state index contributed by atoms with van der Waals surface area (Å²) in [6.45, 7) is 8.89. The standard InChI is InChI=1S/C31H42N4O2/c1-3-24-20-32-31(33-21-24)35-17-13-25(14-18-35)22-37-29-12-11-28(19-23(29)2)26-7-9-27(10-8-26)30(36)34-15-5-4-6-16-34/h7,11-12,19-21,25,27H,3-6,8-10,13-18,22H2,1-2H3. The topological polar surface area (TPSA) is 58.6 Å². The van der Waals surface area contributed by atoms with Crippen molar-refractivity contribution in [3.8, 4) is 5.75 Å². The lowest BCUT2D eigenvalue weighted by atomic mass is 9.85. The molecule has 5 rings (SSSR count). The molecule has 3 heterocycles. The Bertz CT molecular complexity index is 1080. The van der Waals surface area contributed by atoms with Gasteiger partial charge in [-0.25, -0.2) is 9.97 Å². The van der Waals surface area contributed by atoms with Gasteiger partial charge in [0.1, 0.15) is 5.75 Å². The van der Waals surface area contributed by atoms with Crippen molar-refractivity contribution in [2.24, 2.45) is 11.8 Å². The summed E-state index contributed by atoms with van der Waals surface area (Å²) in [5, 5.41) is 0. The number of carbonyl (C=O) groups excluding carboxylic acids is 1. The van der Waals surface area contributed by atoms with Gasteiger partial charge in [-0.2, -0.15) is 0 Å². The smallest absolute Gasteiger partial charge is 0.226 e. The number of benzene rings is 1. The third-order valence-electron chi connectivity index (χ3n) is 8.45. The maximum Gasteiger partial charge on any atom is 0.226 e. The molecule has 2 aromatic rings. The van der Waals surface area contributed by atoms with Crippen molar-refractivity contribution in [3.63, 3.8) is 0 Å². The van der Waals surface area contributed by atoms with Gasteiger partial charge in [0.25, 0.3) is 0 Å². The van der Waals surface area contributed by atoms with Crippen molar-refractivity contribution >= 4 is 17.4 Å². The average Bonchev–Trinajstić information content (AvgIpc) is 2.97. The Morgan fingerprint density at radius 2 is 1.78 bits per heavy atom. The fraction of sp³-hybridized carbons (Fsp3) is 0.581. The quantitative estimate of drug-likeness (QED) is 0.476. The Kier molecular flexibility index (Phi) is 8.42. The molecule has 198 valence electrons. The van der Waals surface area contributed by atoms with E-state index >= 15 is 0 Å². The van der Waals surface area contributed by atoms with Gasteiger partial charge in [0.15, 0.2) is 0 Å². The van der Waals surface area contributed by atoms with Crippen molar-refractivity contribution in [1.82, 2.24) is 14.9 Å². The second-order valence-electron chi connectivity index (χ2n) is 11.1. The number of carbonyl (C=O) groups is 1. The zero-order valence-corrected chi connectivity index (χ0v) is 22.6. The molecule has 6 heteroatoms. The number of hydrogen-bond acceptors (Lipinski definition) is 5. The van der Waals surface area contributed by atoms with E-state index in [9.17, 15) is 4.79 Å². The molecule has 1 aromatic carbocycles. The molecule has 0 radical (unpaired) electrons. The van der Waals surface area contributed by atoms with Crippen LogP contribution in [0.25, 0.3) is 5.57 Å². The molecule has 6 nitrogen and oxygen atoms in total. The molecule has 1 atom stereocenters. The molecule has 2 saturated heterocycles. The van der Waals surface area contributed by atoms with E-state index in [4.69, 9.17) is 4.74 Å². The normalized spacial score (nSPS) is 21.0. The lowest BCUT2D eigenvalue weighted by Crippen LogP contribution is -2.40. The van der Waals surface area contributed by atoms with E-state index in [0.717, 1.165) is 95.9 Å². The van der Waals surface area contributed by atoms with Crippen LogP contribution in [0.4, 0.5) is 5.95 Å². The van der Waals surface area contributed by atoms with Crippen LogP contribution in [0.3, 0.4) is 0 Å². The summed E-state index contributed by atoms with van der Waals surface area (Å²) in [6.07, 6.45) is 15.8. The minimum Gasteiger partial charge on any atom is -0.493 e. The average molecular weight is 503 g/mol. The van der Waals surface area contributed by atoms with E-state index in [1.807, 2.05) is 12.4 Å². The lowest BCUT2D eigenvalue weighted by Gasteiger charge is -2.32. The molecule has 1 amide bonds. The fourth-order valence-electron chi connectivity index (χ4n) is 5.91. The first-order chi connectivity index (χ1) is 18.1. The Hall–Kier alpha value is -2.89. The first kappa shape index (κ1) is 25.7. The number of ether oxygens (including phenoxy) is 1. The van der Waals surface area contributed by atoms with E-state index < -0.39 is 0 Å². The maximum absolute atomic E-state index is 12.9. The summed E-state index contributed by atoms with van der Waals surface area (Å²) < 4.78 is 6.29. The van der Waals surface area contributed by atoms with Crippen molar-refractivity contribution in [2.75, 3.05) is 37.7 Å². The summed E-state index contributed by atoms with van der Waals surface area (Å²) >= 11 is 0. The van der Waals surface area contributed by atoms with Crippen LogP contribution in [-0.4, -0.2) is 53.6 Å². The van der Waals surface area contributed by atoms with Crippen LogP contribution in [0, 0.1) is 18.8 Å². The zero-order chi connectivity index (χ0) is 25.6. The Morgan fingerprint density at radius 1 is 1.03 bits per heavy atom. The summed E-state index contributed by atoms with van der Waals surface area (Å²) in [5.74, 6) is 2.93. The van der Waals surface area contributed by atoms with Crippen molar-refractivity contribution in [1.29, 1.82) is 0 Å². The van der Waals surface area contributed by atoms with Crippen LogP contribution in [0.5, 0.6) is 5.75 Å². The van der Waals surface area contributed by atoms with Crippen LogP contribution in [-0.2, 0) is 11.2 Å². The second kappa shape index (κ2) is 12.1. The zero-order valence-electron chi connectivity index (χ0n) is 22.6. The van der Waals surface area contributed by atoms with Gasteiger partial charge in [-0.05, 0) is 105 Å². The third kappa shape index (κ3) is 6.34. The number of likely N-dealkylation sites (tertiary alicyclic amines) is 1. The van der Waals surface area contributed by atoms with Gasteiger partial charge in [-0.15, -0.1) is 0 Å². The summed E-state index contributed by atoms with van der Waals surface area (Å²) in [6, 6.07) is 6.59. The van der Waals surface area contributed by atoms with Gasteiger partial charge in [-0.1, -0.05) is 19.1 Å². The SMILES string of the molecule is CCc1cnc(N2CCC(COc3ccc(C4=CCC(C(=O)N5CCCCC5)CC4)cc3C)CC2)nc1. The molecular formula is C31H42N4O2. The number of aryl methyl sites for hydroxylation is 2. The number of anilines is 1. The largest absolute Gasteiger partial charge is 0.493 e. The van der Waals surface area contributed by atoms with Gasteiger partial charge >= 0.3 is 0 Å². The van der Waals surface area contributed by atoms with E-state index in [1.165, 1.54) is 28.7 Å². The van der Waals surface area contributed by atoms with Crippen LogP contribution >= 0.6 is 0 Å². The van der Waals surface area contributed by atoms with Crippen molar-refractivity contribution in [3.05, 3.63) is 53.4 Å². The number of piperidine rings is 2. The Balaban J connectivity index is 1.10. The molecule has 2 aliphatic heterocycles. The van der Waals surface area contributed by atoms with Crippen LogP contribution in [0.1, 0.15) is 75.0 Å². The maximum atomic E-state index is 12.9. The number of amides is 1. The van der Waals surface area contributed by atoms with Crippen LogP contribution < -0.4 is 9.64 Å². The second-order valence-corrected chi connectivity index (χ2v) is 11.1. The molecule has 1 aliphatic carbocycles. The van der Waals surface area contributed by atoms with Crippen molar-refractivity contribution in [2.45, 2.75) is 71.6 Å². The molecule has 3 aliphatic rings. The highest BCUT2D eigenvalue weighted by molar-refractivity contribution is 5.81. The molecule has 1 unspecified atom stereocenters. The highest BCUT2D eigenvalue weighted by atomic mass is 16.5. The molecular weight excluding hydrogens is 460 g/mol. The highest BCUT2D eigenvalue weighted by Gasteiger charge is 2.27. The molecule has 1 aromatic heterocycles. The monoisotopic (exact) mass is 502 g/mol. The summed E-state index contributed by atoms with van der Waals surface area (Å²) in [4.78, 5) is 26.4. The van der Waals surface area contributed by atoms with Crippen molar-refractivity contribution < 1.29 is 9.53 Å². The summed E-state index contributed by atoms with van der Waals surface area (Å²) in [7, 11) is 0. The van der Waals surface area contributed by atoms with Gasteiger partial charge in [0.2, 0.25) is 11.9 Å². The molecule has 0 saturated carbocycles. The highest BCUT2D eigenvalue weighted by Crippen LogP contribution is 2.34. The Morgan fingerprint density at radius 3 is 2.43 bits per heavy atom. The van der Waals surface area contributed by atoms with Gasteiger partial charge in [0, 0.05) is 44.5 Å². The predicted octanol–water partition coefficient (Wildman–Crippen LogP) is 5.84. The molecule has 0 bridgehead atoms. The number of nitrogens with zero attached hydrogens (tertiary/aromatic N) is 4. The molecule has 2 fully saturated rings. The van der Waals surface area contributed by atoms with Crippen LogP contribution in [0.2, 0.25) is 0 Å². The Labute approximate surface area is 222 Å². The van der Waals surface area contributed by atoms with E-state index in [2.05, 4.69) is 57.9 Å². The predicted molar refractivity (Wildman–Crippen MR) is 149 cm³/mol. The number of rotatable bonds is 7. The third-order valence-corrected chi connectivity index (χ3v) is 8.45. The minimum absolute atomic E-state index is 0.166. The first-order valence-corrected chi connectivity index (χ1v) is 14.4. The number of aromatic nitrogens is 2. The van der Waals surface area contributed by atoms with E-state index in [1.54, 1.807) is 0 Å². The van der Waals surface area contributed by atoms with E-state index in [-0.39, 0.29) is 5.92 Å². The first-order valence-electron chi connectivity index (χ1n) is 14.4. The molecule has 0 N–H and O–H groups in total. The summed E-state index contributed by atoms with van der Waals surface area (Å²) in [5.41, 5.74) is 5.02. The van der Waals surface area contributed by atoms with Crippen LogP contribution in [0.15, 0.2) is 36.7 Å². The lowest BCUT2D eigenvalue weighted by molar-refractivity contribution is -0.136. The molecule has 37 heavy (non-hydrogen) atoms. The number of allylic oxidation sites excluding steroid dienone is 2. The number of hydrogen-bond donors (Lipinski definition) is 0. The van der Waals surface area contributed by atoms with E-state index in [0.29, 0.717) is 11.8 Å².